The molecule has 7 heteroatoms. The van der Waals surface area contributed by atoms with Crippen LogP contribution in [0.3, 0.4) is 0 Å². The molecular weight excluding hydrogens is 552 g/mol. The Hall–Kier alpha value is 1.87. The van der Waals surface area contributed by atoms with E-state index in [0.717, 1.165) is 51.4 Å². The first-order chi connectivity index (χ1) is 9.71. The molecule has 21 heavy (non-hydrogen) atoms. The highest BCUT2D eigenvalue weighted by atomic mass is 79.9. The molecule has 0 amide bonds. The zero-order valence-corrected chi connectivity index (χ0v) is 19.1. The molecule has 0 unspecified atom stereocenters. The number of halogens is 4. The van der Waals surface area contributed by atoms with Crippen molar-refractivity contribution in [1.82, 2.24) is 0 Å². The zero-order valence-electron chi connectivity index (χ0n) is 12.0. The van der Waals surface area contributed by atoms with Crippen molar-refractivity contribution in [2.45, 2.75) is 69.3 Å². The fourth-order valence-corrected chi connectivity index (χ4v) is 12.7. The Balaban J connectivity index is 2.25. The largest absolute Gasteiger partial charge is 0.224 e. The molecule has 0 spiro atoms. The van der Waals surface area contributed by atoms with Crippen molar-refractivity contribution >= 4 is 73.6 Å². The van der Waals surface area contributed by atoms with Crippen LogP contribution in [-0.2, 0) is 9.84 Å². The van der Waals surface area contributed by atoms with Crippen LogP contribution < -0.4 is 0 Å². The summed E-state index contributed by atoms with van der Waals surface area (Å²) < 4.78 is 24.5. The van der Waals surface area contributed by atoms with Gasteiger partial charge in [0, 0.05) is 0 Å². The van der Waals surface area contributed by atoms with Crippen molar-refractivity contribution in [3.8, 4) is 0 Å². The molecule has 2 saturated carbocycles. The van der Waals surface area contributed by atoms with E-state index in [1.807, 2.05) is 0 Å². The fraction of sp³-hybridized carbons (Fsp3) is 1.00. The van der Waals surface area contributed by atoms with Crippen molar-refractivity contribution in [3.63, 3.8) is 0 Å². The third-order valence-corrected chi connectivity index (χ3v) is 14.7. The van der Waals surface area contributed by atoms with E-state index < -0.39 is 15.0 Å². The number of hydrogen-bond acceptors (Lipinski definition) is 2. The normalized spacial score (nSPS) is 24.2. The summed E-state index contributed by atoms with van der Waals surface area (Å²) in [7, 11) is -3.47. The molecule has 2 rings (SSSR count). The molecule has 0 aliphatic heterocycles. The van der Waals surface area contributed by atoms with Crippen LogP contribution in [0, 0.1) is 11.8 Å². The first-order valence-corrected chi connectivity index (χ1v) is 12.4. The highest BCUT2D eigenvalue weighted by Gasteiger charge is 2.58. The molecule has 0 saturated heterocycles. The summed E-state index contributed by atoms with van der Waals surface area (Å²) in [5.74, 6) is 0.239. The maximum Gasteiger partial charge on any atom is 0.202 e. The van der Waals surface area contributed by atoms with E-state index in [9.17, 15) is 8.42 Å². The molecule has 2 fully saturated rings. The Morgan fingerprint density at radius 1 is 0.619 bits per heavy atom. The molecule has 0 aromatic heterocycles. The number of alkyl halides is 4. The Labute approximate surface area is 162 Å². The predicted molar refractivity (Wildman–Crippen MR) is 103 cm³/mol. The van der Waals surface area contributed by atoms with E-state index in [2.05, 4.69) is 63.7 Å². The van der Waals surface area contributed by atoms with Gasteiger partial charge in [0.2, 0.25) is 9.84 Å². The summed E-state index contributed by atoms with van der Waals surface area (Å²) in [6.45, 7) is 0. The van der Waals surface area contributed by atoms with Gasteiger partial charge < -0.3 is 0 Å². The smallest absolute Gasteiger partial charge is 0.202 e. The highest BCUT2D eigenvalue weighted by Crippen LogP contribution is 2.57. The van der Waals surface area contributed by atoms with E-state index in [1.165, 1.54) is 12.8 Å². The van der Waals surface area contributed by atoms with Gasteiger partial charge in [-0.1, -0.05) is 102 Å². The standard InChI is InChI=1S/C14H22Br4O2S/c15-13(16,11-7-3-1-4-8-11)21(19,20)14(17,18)12-9-5-2-6-10-12/h11-12H,1-10H2. The SMILES string of the molecule is O=S(=O)(C(Br)(Br)C1CCCCC1)C(Br)(Br)C1CCCCC1. The maximum atomic E-state index is 13.3. The van der Waals surface area contributed by atoms with Crippen LogP contribution >= 0.6 is 63.7 Å². The molecule has 0 aromatic rings. The molecule has 124 valence electrons. The van der Waals surface area contributed by atoms with Crippen LogP contribution in [0.15, 0.2) is 0 Å². The van der Waals surface area contributed by atoms with Crippen LogP contribution in [0.1, 0.15) is 64.2 Å². The van der Waals surface area contributed by atoms with E-state index in [4.69, 9.17) is 0 Å². The second-order valence-electron chi connectivity index (χ2n) is 6.30. The Morgan fingerprint density at radius 3 is 1.19 bits per heavy atom. The first kappa shape index (κ1) is 19.2. The van der Waals surface area contributed by atoms with Crippen molar-refractivity contribution in [3.05, 3.63) is 0 Å². The summed E-state index contributed by atoms with van der Waals surface area (Å²) >= 11 is 14.1. The van der Waals surface area contributed by atoms with Crippen molar-refractivity contribution in [2.75, 3.05) is 0 Å². The van der Waals surface area contributed by atoms with Crippen molar-refractivity contribution in [2.24, 2.45) is 11.8 Å². The quantitative estimate of drug-likeness (QED) is 0.362. The minimum Gasteiger partial charge on any atom is -0.224 e. The third-order valence-electron chi connectivity index (χ3n) is 4.88. The minimum atomic E-state index is -3.47. The molecule has 2 aliphatic carbocycles. The number of hydrogen-bond donors (Lipinski definition) is 0. The van der Waals surface area contributed by atoms with E-state index in [-0.39, 0.29) is 11.8 Å². The summed E-state index contributed by atoms with van der Waals surface area (Å²) in [4.78, 5) is 0. The second kappa shape index (κ2) is 7.40. The molecule has 0 bridgehead atoms. The summed E-state index contributed by atoms with van der Waals surface area (Å²) in [6, 6.07) is 0. The van der Waals surface area contributed by atoms with Gasteiger partial charge in [-0.3, -0.25) is 0 Å². The zero-order chi connectivity index (χ0) is 15.7. The van der Waals surface area contributed by atoms with Gasteiger partial charge in [0.15, 0.2) is 5.13 Å². The lowest BCUT2D eigenvalue weighted by atomic mass is 9.90. The van der Waals surface area contributed by atoms with E-state index in [1.54, 1.807) is 0 Å². The van der Waals surface area contributed by atoms with Gasteiger partial charge in [-0.2, -0.15) is 0 Å². The highest BCUT2D eigenvalue weighted by molar-refractivity contribution is 9.31. The Kier molecular flexibility index (Phi) is 6.77. The Morgan fingerprint density at radius 2 is 0.905 bits per heavy atom. The third kappa shape index (κ3) is 3.77. The molecule has 0 aromatic carbocycles. The van der Waals surface area contributed by atoms with E-state index in [0.29, 0.717) is 0 Å². The van der Waals surface area contributed by atoms with Crippen LogP contribution in [0.5, 0.6) is 0 Å². The minimum absolute atomic E-state index is 0.120. The van der Waals surface area contributed by atoms with E-state index >= 15 is 0 Å². The van der Waals surface area contributed by atoms with Gasteiger partial charge in [0.05, 0.1) is 0 Å². The lowest BCUT2D eigenvalue weighted by Gasteiger charge is -2.41. The lowest BCUT2D eigenvalue weighted by molar-refractivity contribution is 0.353. The average molecular weight is 574 g/mol. The summed E-state index contributed by atoms with van der Waals surface area (Å²) in [5.41, 5.74) is 0. The molecule has 0 atom stereocenters. The molecule has 0 heterocycles. The molecule has 2 aliphatic rings. The number of sulfone groups is 1. The van der Waals surface area contributed by atoms with Gasteiger partial charge in [0.1, 0.15) is 0 Å². The maximum absolute atomic E-state index is 13.3. The predicted octanol–water partition coefficient (Wildman–Crippen LogP) is 6.45. The monoisotopic (exact) mass is 570 g/mol. The van der Waals surface area contributed by atoms with Gasteiger partial charge >= 0.3 is 0 Å². The van der Waals surface area contributed by atoms with Crippen LogP contribution in [0.25, 0.3) is 0 Å². The summed E-state index contributed by atoms with van der Waals surface area (Å²) in [5, 5.41) is 0. The molecule has 2 nitrogen and oxygen atoms in total. The fourth-order valence-electron chi connectivity index (χ4n) is 3.50. The van der Waals surface area contributed by atoms with Crippen LogP contribution in [-0.4, -0.2) is 13.5 Å². The molecule has 0 radical (unpaired) electrons. The van der Waals surface area contributed by atoms with Gasteiger partial charge in [-0.05, 0) is 37.5 Å². The lowest BCUT2D eigenvalue weighted by Crippen LogP contribution is -2.47. The van der Waals surface area contributed by atoms with Gasteiger partial charge in [-0.15, -0.1) is 0 Å². The Bertz CT molecular complexity index is 414. The average Bonchev–Trinajstić information content (AvgIpc) is 2.48. The first-order valence-electron chi connectivity index (χ1n) is 7.71. The number of rotatable bonds is 4. The summed E-state index contributed by atoms with van der Waals surface area (Å²) in [6.07, 6.45) is 10.7. The van der Waals surface area contributed by atoms with Crippen LogP contribution in [0.2, 0.25) is 0 Å². The van der Waals surface area contributed by atoms with Crippen molar-refractivity contribution in [1.29, 1.82) is 0 Å². The second-order valence-corrected chi connectivity index (χ2v) is 17.8. The molecular formula is C14H22Br4O2S. The van der Waals surface area contributed by atoms with Gasteiger partial charge in [-0.25, -0.2) is 8.42 Å². The topological polar surface area (TPSA) is 34.1 Å². The van der Waals surface area contributed by atoms with Gasteiger partial charge in [0.25, 0.3) is 0 Å². The molecule has 0 N–H and O–H groups in total. The van der Waals surface area contributed by atoms with Crippen LogP contribution in [0.4, 0.5) is 0 Å². The van der Waals surface area contributed by atoms with Crippen molar-refractivity contribution < 1.29 is 8.42 Å².